The van der Waals surface area contributed by atoms with Crippen LogP contribution < -0.4 is 53.2 Å². The number of nitrogens with one attached hydrogen (secondary N) is 6. The number of amides is 5. The number of hydrogen-bond acceptors (Lipinski definition) is 11. The summed E-state index contributed by atoms with van der Waals surface area (Å²) in [4.78, 5) is 69.5. The molecule has 0 aliphatic rings. The number of aliphatic carboxylic acids is 1. The SMILES string of the molecule is C.CC(C)=CCN(CC(C)(C)N)c1ccc(C)cc1.Cc1ccc(N)cc1.[B]C(=O)NC(C)(C)C(=O)Nc1ccc(C)cc1.[B]C(=O)NC(C)(C)C(=O)O.[B]C(=O)NC(C)(C)CN(CC=C(C)C)c1ccc(C)cc1.[B]C(=O)NC(C)(C)CNc1ccc(C)cc1.[HH].[HH].[HH].[HH].[HH].[HH]. The molecular weight excluding hydrogens is 1140 g/mol. The molecule has 5 aromatic carbocycles. The molecule has 0 aliphatic carbocycles. The molecule has 0 saturated carbocycles. The molecule has 500 valence electrons. The zero-order chi connectivity index (χ0) is 69.4. The molecule has 0 aliphatic heterocycles. The molecule has 5 rings (SSSR count). The molecule has 0 saturated heterocycles. The van der Waals surface area contributed by atoms with E-state index < -0.39 is 45.8 Å². The molecule has 21 heteroatoms. The van der Waals surface area contributed by atoms with Gasteiger partial charge in [-0.15, -0.1) is 0 Å². The molecule has 0 unspecified atom stereocenters. The van der Waals surface area contributed by atoms with E-state index in [1.165, 1.54) is 52.9 Å². The predicted molar refractivity (Wildman–Crippen MR) is 399 cm³/mol. The Morgan fingerprint density at radius 1 is 0.473 bits per heavy atom. The summed E-state index contributed by atoms with van der Waals surface area (Å²) in [6.07, 6.45) is 4.42. The van der Waals surface area contributed by atoms with Crippen molar-refractivity contribution < 1.29 is 42.4 Å². The van der Waals surface area contributed by atoms with Crippen LogP contribution in [-0.4, -0.2) is 132 Å². The Balaban J connectivity index is -0.000000164. The molecule has 91 heavy (non-hydrogen) atoms. The van der Waals surface area contributed by atoms with Crippen LogP contribution in [0.5, 0.6) is 0 Å². The van der Waals surface area contributed by atoms with E-state index in [1.807, 2.05) is 109 Å². The number of carbonyl (C=O) groups excluding carboxylic acids is 5. The first-order valence-corrected chi connectivity index (χ1v) is 29.6. The van der Waals surface area contributed by atoms with Gasteiger partial charge in [0.1, 0.15) is 11.1 Å². The van der Waals surface area contributed by atoms with Gasteiger partial charge in [0.15, 0.2) is 23.2 Å². The normalized spacial score (nSPS) is 10.6. The monoisotopic (exact) mass is 1250 g/mol. The van der Waals surface area contributed by atoms with Crippen molar-refractivity contribution in [3.8, 4) is 0 Å². The lowest BCUT2D eigenvalue weighted by molar-refractivity contribution is -0.142. The van der Waals surface area contributed by atoms with Crippen LogP contribution in [0.15, 0.2) is 145 Å². The average molecular weight is 1250 g/mol. The van der Waals surface area contributed by atoms with Gasteiger partial charge in [0.2, 0.25) is 37.3 Å². The van der Waals surface area contributed by atoms with E-state index in [9.17, 15) is 28.8 Å². The van der Waals surface area contributed by atoms with Crippen molar-refractivity contribution in [3.05, 3.63) is 172 Å². The van der Waals surface area contributed by atoms with Gasteiger partial charge >= 0.3 is 5.97 Å². The van der Waals surface area contributed by atoms with Gasteiger partial charge < -0.3 is 58.3 Å². The maximum absolute atomic E-state index is 11.9. The van der Waals surface area contributed by atoms with Crippen molar-refractivity contribution in [2.24, 2.45) is 5.73 Å². The van der Waals surface area contributed by atoms with Crippen LogP contribution in [0.1, 0.15) is 141 Å². The Hall–Kier alpha value is -8.18. The van der Waals surface area contributed by atoms with Crippen LogP contribution in [0.4, 0.5) is 47.6 Å². The maximum atomic E-state index is 11.9. The highest BCUT2D eigenvalue weighted by molar-refractivity contribution is 6.58. The largest absolute Gasteiger partial charge is 0.480 e. The Morgan fingerprint density at radius 2 is 0.780 bits per heavy atom. The molecule has 11 N–H and O–H groups in total. The molecule has 5 aromatic rings. The number of rotatable bonds is 20. The second-order valence-corrected chi connectivity index (χ2v) is 25.7. The van der Waals surface area contributed by atoms with Crippen LogP contribution in [0, 0.1) is 34.6 Å². The number of carbonyl (C=O) groups is 6. The summed E-state index contributed by atoms with van der Waals surface area (Å²) in [5.41, 5.74) is 21.9. The second kappa shape index (κ2) is 40.5. The topological polar surface area (TPSA) is 253 Å². The number of nitrogens with zero attached hydrogens (tertiary/aromatic N) is 2. The van der Waals surface area contributed by atoms with Gasteiger partial charge in [-0.1, -0.05) is 119 Å². The van der Waals surface area contributed by atoms with E-state index >= 15 is 0 Å². The summed E-state index contributed by atoms with van der Waals surface area (Å²) in [6, 6.07) is 40.3. The summed E-state index contributed by atoms with van der Waals surface area (Å²) in [5, 5.41) is 24.3. The molecule has 0 spiro atoms. The molecule has 5 amide bonds. The fourth-order valence-corrected chi connectivity index (χ4v) is 7.55. The Labute approximate surface area is 560 Å². The molecule has 0 bridgehead atoms. The van der Waals surface area contributed by atoms with Crippen LogP contribution in [-0.2, 0) is 9.59 Å². The standard InChI is InChI=1S/C17H25BN2O.C16H26N2.C12H15BN2O2.C12H17BN2O.C7H9N.C5H8BNO3.CH4.6H2/c1-13(2)10-11-20(12-17(4,5)19-16(18)21)15-8-6-14(3)7-9-15;1-13(2)10-11-18(12-16(4,5)17)15-8-6-14(3)7-9-15;1-8-4-6-9(7-5-8)14-10(16)12(2,3)15-11(13)17;1-9-4-6-10(7-5-9)14-8-12(2,3)15-11(13)16;1-6-2-4-7(8)5-3-6;1-5(2,3(8)9)7-4(6)10;;;;;;;/h6-10H,11-12H2,1-5H3,(H,19,21);6-10H,11-12,17H2,1-5H3;4-7H,1-3H3,(H,14,16)(H,15,17);4-7,14H,8H2,1-3H3,(H,15,16);2-5H,8H2,1H3;1-2H3,(H,7,10)(H,8,9);1H4;6*1H. The zero-order valence-corrected chi connectivity index (χ0v) is 57.0. The highest BCUT2D eigenvalue weighted by atomic mass is 16.4. The van der Waals surface area contributed by atoms with Gasteiger partial charge in [-0.25, -0.2) is 4.79 Å². The minimum atomic E-state index is -1.29. The average Bonchev–Trinajstić information content (AvgIpc) is 1.17. The summed E-state index contributed by atoms with van der Waals surface area (Å²) in [7, 11) is 20.0. The molecular formula is C70H116B4N10O7. The van der Waals surface area contributed by atoms with E-state index in [4.69, 9.17) is 48.0 Å². The van der Waals surface area contributed by atoms with Gasteiger partial charge in [-0.2, -0.15) is 0 Å². The summed E-state index contributed by atoms with van der Waals surface area (Å²) >= 11 is 0. The zero-order valence-electron chi connectivity index (χ0n) is 57.0. The second-order valence-electron chi connectivity index (χ2n) is 25.7. The number of hydrogen-bond donors (Lipinski definition) is 9. The van der Waals surface area contributed by atoms with Gasteiger partial charge in [0, 0.05) is 75.3 Å². The summed E-state index contributed by atoms with van der Waals surface area (Å²) in [6.45, 7) is 40.3. The highest BCUT2D eigenvalue weighted by Gasteiger charge is 2.29. The van der Waals surface area contributed by atoms with Crippen molar-refractivity contribution in [2.45, 2.75) is 167 Å². The fourth-order valence-electron chi connectivity index (χ4n) is 7.55. The number of nitrogens with two attached hydrogens (primary N) is 2. The van der Waals surface area contributed by atoms with Crippen molar-refractivity contribution in [2.75, 3.05) is 58.9 Å². The van der Waals surface area contributed by atoms with E-state index in [-0.39, 0.29) is 33.0 Å². The molecule has 17 nitrogen and oxygen atoms in total. The first-order chi connectivity index (χ1) is 41.3. The van der Waals surface area contributed by atoms with Crippen molar-refractivity contribution in [1.82, 2.24) is 21.3 Å². The smallest absolute Gasteiger partial charge is 0.328 e. The molecule has 0 atom stereocenters. The third kappa shape index (κ3) is 41.7. The molecule has 0 fully saturated rings. The Bertz CT molecular complexity index is 3080. The van der Waals surface area contributed by atoms with Crippen molar-refractivity contribution in [1.29, 1.82) is 0 Å². The van der Waals surface area contributed by atoms with E-state index in [0.29, 0.717) is 18.8 Å². The van der Waals surface area contributed by atoms with E-state index in [1.54, 1.807) is 26.0 Å². The lowest BCUT2D eigenvalue weighted by Gasteiger charge is -2.34. The van der Waals surface area contributed by atoms with Crippen LogP contribution >= 0.6 is 0 Å². The molecule has 0 aromatic heterocycles. The number of aryl methyl sites for hydroxylation is 5. The lowest BCUT2D eigenvalue weighted by atomic mass is 10.00. The van der Waals surface area contributed by atoms with Gasteiger partial charge in [0.25, 0.3) is 0 Å². The first kappa shape index (κ1) is 84.9. The highest BCUT2D eigenvalue weighted by Crippen LogP contribution is 2.21. The van der Waals surface area contributed by atoms with Crippen molar-refractivity contribution >= 4 is 94.9 Å². The van der Waals surface area contributed by atoms with Gasteiger partial charge in [-0.05, 0) is 192 Å². The molecule has 8 radical (unpaired) electrons. The van der Waals surface area contributed by atoms with Crippen LogP contribution in [0.3, 0.4) is 0 Å². The van der Waals surface area contributed by atoms with E-state index in [0.717, 1.165) is 42.3 Å². The van der Waals surface area contributed by atoms with Gasteiger partial charge in [0.05, 0.1) is 11.1 Å². The molecule has 0 heterocycles. The lowest BCUT2D eigenvalue weighted by Crippen LogP contribution is -2.52. The number of benzene rings is 5. The Morgan fingerprint density at radius 3 is 1.09 bits per heavy atom. The first-order valence-electron chi connectivity index (χ1n) is 29.6. The number of anilines is 5. The van der Waals surface area contributed by atoms with Crippen LogP contribution in [0.2, 0.25) is 0 Å². The third-order valence-corrected chi connectivity index (χ3v) is 12.5. The van der Waals surface area contributed by atoms with Gasteiger partial charge in [-0.3, -0.25) is 24.0 Å². The van der Waals surface area contributed by atoms with Crippen molar-refractivity contribution in [3.63, 3.8) is 0 Å². The maximum Gasteiger partial charge on any atom is 0.328 e. The Kier molecular flexibility index (Phi) is 37.8. The minimum absolute atomic E-state index is 0. The quantitative estimate of drug-likeness (QED) is 0.0200. The minimum Gasteiger partial charge on any atom is -0.480 e. The van der Waals surface area contributed by atoms with E-state index in [2.05, 4.69) is 158 Å². The number of carboxylic acid groups (broad SMARTS) is 1. The summed E-state index contributed by atoms with van der Waals surface area (Å²) < 4.78 is 0. The number of allylic oxidation sites excluding steroid dienone is 2. The summed E-state index contributed by atoms with van der Waals surface area (Å²) in [5.74, 6) is -4.00. The van der Waals surface area contributed by atoms with Crippen LogP contribution in [0.25, 0.3) is 0 Å². The third-order valence-electron chi connectivity index (χ3n) is 12.5. The number of carboxylic acids is 1. The fraction of sp³-hybridized carbons (Fsp3) is 0.429. The number of nitrogen functional groups attached to an aromatic ring is 1. The predicted octanol–water partition coefficient (Wildman–Crippen LogP) is 14.0.